The highest BCUT2D eigenvalue weighted by atomic mass is 35.6. The first-order valence-electron chi connectivity index (χ1n) is 8.01. The Morgan fingerprint density at radius 2 is 1.67 bits per heavy atom. The van der Waals surface area contributed by atoms with Crippen LogP contribution in [0.3, 0.4) is 0 Å². The quantitative estimate of drug-likeness (QED) is 0.158. The van der Waals surface area contributed by atoms with E-state index in [-0.39, 0.29) is 16.2 Å². The fourth-order valence-corrected chi connectivity index (χ4v) is 2.79. The van der Waals surface area contributed by atoms with Crippen LogP contribution in [0.5, 0.6) is 0 Å². The monoisotopic (exact) mass is 490 g/mol. The van der Waals surface area contributed by atoms with E-state index in [0.717, 1.165) is 0 Å². The highest BCUT2D eigenvalue weighted by Gasteiger charge is 2.36. The van der Waals surface area contributed by atoms with Crippen LogP contribution in [0, 0.1) is 10.1 Å². The Kier molecular flexibility index (Phi) is 7.79. The number of carbonyl (C=O) groups excluding carboxylic acids is 1. The maximum atomic E-state index is 12.5. The summed E-state index contributed by atoms with van der Waals surface area (Å²) < 4.78 is -2.07. The number of carboxylic acid groups (broad SMARTS) is 1. The van der Waals surface area contributed by atoms with Crippen molar-refractivity contribution in [1.29, 1.82) is 0 Å². The molecule has 1 unspecified atom stereocenters. The number of alkyl halides is 3. The molecule has 0 aliphatic carbocycles. The van der Waals surface area contributed by atoms with Gasteiger partial charge in [-0.1, -0.05) is 46.9 Å². The number of carboxylic acids is 1. The number of hydrogen-bond acceptors (Lipinski definition) is 5. The first kappa shape index (κ1) is 23.6. The van der Waals surface area contributed by atoms with Gasteiger partial charge in [0.25, 0.3) is 11.6 Å². The summed E-state index contributed by atoms with van der Waals surface area (Å²) >= 11 is 22.8. The zero-order valence-electron chi connectivity index (χ0n) is 14.8. The van der Waals surface area contributed by atoms with Crippen LogP contribution in [0.4, 0.5) is 11.4 Å². The Balaban J connectivity index is 2.13. The first-order chi connectivity index (χ1) is 14.0. The van der Waals surface area contributed by atoms with Gasteiger partial charge < -0.3 is 21.1 Å². The van der Waals surface area contributed by atoms with Crippen molar-refractivity contribution < 1.29 is 19.6 Å². The fraction of sp³-hybridized carbons (Fsp3) is 0.118. The van der Waals surface area contributed by atoms with E-state index in [9.17, 15) is 19.7 Å². The minimum atomic E-state index is -2.07. The van der Waals surface area contributed by atoms with E-state index in [1.807, 2.05) is 0 Å². The van der Waals surface area contributed by atoms with Crippen LogP contribution in [-0.4, -0.2) is 37.0 Å². The van der Waals surface area contributed by atoms with E-state index < -0.39 is 32.4 Å². The molecule has 0 saturated carbocycles. The van der Waals surface area contributed by atoms with E-state index in [4.69, 9.17) is 52.1 Å². The minimum Gasteiger partial charge on any atom is -0.478 e. The maximum Gasteiger partial charge on any atom is 0.335 e. The molecule has 13 heteroatoms. The van der Waals surface area contributed by atoms with Crippen LogP contribution in [0.15, 0.2) is 48.5 Å². The maximum absolute atomic E-state index is 12.5. The molecular formula is C17H13Cl3N4O5S. The highest BCUT2D eigenvalue weighted by Crippen LogP contribution is 2.30. The Hall–Kier alpha value is -2.66. The van der Waals surface area contributed by atoms with Crippen molar-refractivity contribution in [2.24, 2.45) is 0 Å². The molecule has 0 spiro atoms. The number of benzene rings is 2. The van der Waals surface area contributed by atoms with Crippen molar-refractivity contribution in [2.75, 3.05) is 5.32 Å². The molecule has 1 atom stereocenters. The molecule has 2 aromatic carbocycles. The van der Waals surface area contributed by atoms with Gasteiger partial charge in [0.15, 0.2) is 5.11 Å². The molecule has 30 heavy (non-hydrogen) atoms. The molecule has 9 nitrogen and oxygen atoms in total. The van der Waals surface area contributed by atoms with E-state index in [0.29, 0.717) is 5.69 Å². The lowest BCUT2D eigenvalue weighted by Crippen LogP contribution is -2.56. The molecule has 0 bridgehead atoms. The van der Waals surface area contributed by atoms with Crippen molar-refractivity contribution in [1.82, 2.24) is 10.6 Å². The number of nitro groups is 1. The standard InChI is InChI=1S/C17H13Cl3N4O5S/c18-17(19,20)15(22-13(25)11-3-1-2-4-12(11)24(28)29)23-16(30)21-10-7-5-9(6-8-10)14(26)27/h1-8,15H,(H,22,25)(H,26,27)(H2,21,23,30). The zero-order chi connectivity index (χ0) is 22.5. The average Bonchev–Trinajstić information content (AvgIpc) is 2.67. The molecule has 2 aromatic rings. The number of amides is 1. The molecule has 0 aliphatic rings. The van der Waals surface area contributed by atoms with Gasteiger partial charge in [-0.25, -0.2) is 4.79 Å². The normalized spacial score (nSPS) is 11.8. The molecule has 4 N–H and O–H groups in total. The van der Waals surface area contributed by atoms with E-state index in [1.54, 1.807) is 0 Å². The third kappa shape index (κ3) is 6.42. The summed E-state index contributed by atoms with van der Waals surface area (Å²) in [6.07, 6.45) is -1.35. The Bertz CT molecular complexity index is 982. The number of nitrogens with one attached hydrogen (secondary N) is 3. The molecular weight excluding hydrogens is 479 g/mol. The van der Waals surface area contributed by atoms with Crippen LogP contribution >= 0.6 is 47.0 Å². The van der Waals surface area contributed by atoms with Crippen molar-refractivity contribution in [3.05, 3.63) is 69.8 Å². The number of anilines is 1. The van der Waals surface area contributed by atoms with Crippen LogP contribution in [0.25, 0.3) is 0 Å². The molecule has 0 heterocycles. The van der Waals surface area contributed by atoms with Gasteiger partial charge in [0.1, 0.15) is 11.7 Å². The van der Waals surface area contributed by atoms with Gasteiger partial charge in [-0.3, -0.25) is 14.9 Å². The molecule has 0 radical (unpaired) electrons. The molecule has 0 saturated heterocycles. The van der Waals surface area contributed by atoms with Gasteiger partial charge in [0, 0.05) is 11.8 Å². The third-order valence-corrected chi connectivity index (χ3v) is 4.49. The van der Waals surface area contributed by atoms with Crippen molar-refractivity contribution in [2.45, 2.75) is 9.96 Å². The van der Waals surface area contributed by atoms with Crippen LogP contribution < -0.4 is 16.0 Å². The predicted octanol–water partition coefficient (Wildman–Crippen LogP) is 3.71. The highest BCUT2D eigenvalue weighted by molar-refractivity contribution is 7.80. The SMILES string of the molecule is O=C(O)c1ccc(NC(=S)NC(NC(=O)c2ccccc2[N+](=O)[O-])C(Cl)(Cl)Cl)cc1. The fourth-order valence-electron chi connectivity index (χ4n) is 2.23. The Morgan fingerprint density at radius 1 is 1.07 bits per heavy atom. The van der Waals surface area contributed by atoms with Crippen molar-refractivity contribution >= 4 is 75.4 Å². The van der Waals surface area contributed by atoms with Gasteiger partial charge in [0.05, 0.1) is 10.5 Å². The second kappa shape index (κ2) is 9.90. The Labute approximate surface area is 190 Å². The van der Waals surface area contributed by atoms with Gasteiger partial charge >= 0.3 is 5.97 Å². The molecule has 158 valence electrons. The number of aromatic carboxylic acids is 1. The lowest BCUT2D eigenvalue weighted by atomic mass is 10.1. The van der Waals surface area contributed by atoms with Crippen LogP contribution in [0.2, 0.25) is 0 Å². The van der Waals surface area contributed by atoms with E-state index in [1.165, 1.54) is 48.5 Å². The van der Waals surface area contributed by atoms with Gasteiger partial charge in [-0.15, -0.1) is 0 Å². The topological polar surface area (TPSA) is 134 Å². The number of nitro benzene ring substituents is 1. The number of halogens is 3. The molecule has 0 aromatic heterocycles. The third-order valence-electron chi connectivity index (χ3n) is 3.61. The van der Waals surface area contributed by atoms with Gasteiger partial charge in [-0.05, 0) is 42.5 Å². The average molecular weight is 492 g/mol. The predicted molar refractivity (Wildman–Crippen MR) is 117 cm³/mol. The summed E-state index contributed by atoms with van der Waals surface area (Å²) in [7, 11) is 0. The molecule has 0 fully saturated rings. The smallest absolute Gasteiger partial charge is 0.335 e. The summed E-state index contributed by atoms with van der Waals surface area (Å²) in [4.78, 5) is 33.8. The summed E-state index contributed by atoms with van der Waals surface area (Å²) in [6.45, 7) is 0. The molecule has 2 rings (SSSR count). The van der Waals surface area contributed by atoms with Crippen molar-refractivity contribution in [3.63, 3.8) is 0 Å². The van der Waals surface area contributed by atoms with Crippen LogP contribution in [-0.2, 0) is 0 Å². The lowest BCUT2D eigenvalue weighted by molar-refractivity contribution is -0.385. The summed E-state index contributed by atoms with van der Waals surface area (Å²) in [5, 5.41) is 27.7. The second-order valence-corrected chi connectivity index (χ2v) is 8.48. The number of hydrogen-bond donors (Lipinski definition) is 4. The van der Waals surface area contributed by atoms with E-state index >= 15 is 0 Å². The number of rotatable bonds is 6. The second-order valence-electron chi connectivity index (χ2n) is 5.70. The minimum absolute atomic E-state index is 0.0581. The van der Waals surface area contributed by atoms with Gasteiger partial charge in [0.2, 0.25) is 3.79 Å². The molecule has 1 amide bonds. The number of para-hydroxylation sites is 1. The van der Waals surface area contributed by atoms with Gasteiger partial charge in [-0.2, -0.15) is 0 Å². The largest absolute Gasteiger partial charge is 0.478 e. The summed E-state index contributed by atoms with van der Waals surface area (Å²) in [5.41, 5.74) is -0.134. The Morgan fingerprint density at radius 3 is 2.20 bits per heavy atom. The number of thiocarbonyl (C=S) groups is 1. The summed E-state index contributed by atoms with van der Waals surface area (Å²) in [5.74, 6) is -1.95. The van der Waals surface area contributed by atoms with Crippen LogP contribution in [0.1, 0.15) is 20.7 Å². The van der Waals surface area contributed by atoms with Crippen molar-refractivity contribution in [3.8, 4) is 0 Å². The van der Waals surface area contributed by atoms with E-state index in [2.05, 4.69) is 16.0 Å². The zero-order valence-corrected chi connectivity index (χ0v) is 17.8. The first-order valence-corrected chi connectivity index (χ1v) is 9.55. The summed E-state index contributed by atoms with van der Waals surface area (Å²) in [6, 6.07) is 10.9. The molecule has 0 aliphatic heterocycles. The number of carbonyl (C=O) groups is 2. The lowest BCUT2D eigenvalue weighted by Gasteiger charge is -2.27. The number of nitrogens with zero attached hydrogens (tertiary/aromatic N) is 1.